The molecule has 2 amide bonds. The number of nitrogens with zero attached hydrogens (tertiary/aromatic N) is 1. The van der Waals surface area contributed by atoms with Crippen molar-refractivity contribution in [3.8, 4) is 0 Å². The Balaban J connectivity index is 1.87. The molecule has 7 nitrogen and oxygen atoms in total. The number of amides is 2. The average Bonchev–Trinajstić information content (AvgIpc) is 3.14. The summed E-state index contributed by atoms with van der Waals surface area (Å²) in [4.78, 5) is 38.3. The van der Waals surface area contributed by atoms with Gasteiger partial charge in [-0.2, -0.15) is 0 Å². The summed E-state index contributed by atoms with van der Waals surface area (Å²) in [7, 11) is 1.32. The molecule has 7 heteroatoms. The van der Waals surface area contributed by atoms with Crippen LogP contribution in [0.1, 0.15) is 43.5 Å². The predicted octanol–water partition coefficient (Wildman–Crippen LogP) is 1.84. The second kappa shape index (κ2) is 8.69. The maximum Gasteiger partial charge on any atom is 0.328 e. The maximum atomic E-state index is 12.5. The highest BCUT2D eigenvalue weighted by Gasteiger charge is 2.31. The highest BCUT2D eigenvalue weighted by atomic mass is 16.5. The van der Waals surface area contributed by atoms with Gasteiger partial charge >= 0.3 is 5.97 Å². The van der Waals surface area contributed by atoms with Gasteiger partial charge in [-0.3, -0.25) is 9.59 Å². The fourth-order valence-electron chi connectivity index (χ4n) is 3.03. The second-order valence-corrected chi connectivity index (χ2v) is 6.79. The van der Waals surface area contributed by atoms with Gasteiger partial charge in [-0.05, 0) is 31.2 Å². The highest BCUT2D eigenvalue weighted by Crippen LogP contribution is 2.20. The molecule has 1 aromatic rings. The Hall–Kier alpha value is -2.31. The summed E-state index contributed by atoms with van der Waals surface area (Å²) in [5.74, 6) is -0.590. The Bertz CT molecular complexity index is 589. The second-order valence-electron chi connectivity index (χ2n) is 6.79. The van der Waals surface area contributed by atoms with Gasteiger partial charge in [0.05, 0.1) is 18.9 Å². The van der Waals surface area contributed by atoms with Crippen LogP contribution >= 0.6 is 0 Å². The van der Waals surface area contributed by atoms with Gasteiger partial charge in [-0.1, -0.05) is 13.8 Å². The SMILES string of the molecule is COC(=O)C(CC(C)C)NC(=O)C1CCN(C(=O)c2ccoc2)CC1. The van der Waals surface area contributed by atoms with E-state index < -0.39 is 12.0 Å². The van der Waals surface area contributed by atoms with Gasteiger partial charge in [0, 0.05) is 19.0 Å². The molecule has 1 aliphatic heterocycles. The van der Waals surface area contributed by atoms with Gasteiger partial charge in [0.25, 0.3) is 5.91 Å². The number of rotatable bonds is 6. The first kappa shape index (κ1) is 19.0. The van der Waals surface area contributed by atoms with Crippen LogP contribution < -0.4 is 5.32 Å². The topological polar surface area (TPSA) is 88.9 Å². The van der Waals surface area contributed by atoms with Gasteiger partial charge in [0.15, 0.2) is 0 Å². The lowest BCUT2D eigenvalue weighted by atomic mass is 9.94. The summed E-state index contributed by atoms with van der Waals surface area (Å²) in [6.45, 7) is 4.99. The zero-order valence-corrected chi connectivity index (χ0v) is 15.0. The van der Waals surface area contributed by atoms with Crippen molar-refractivity contribution >= 4 is 17.8 Å². The number of hydrogen-bond donors (Lipinski definition) is 1. The van der Waals surface area contributed by atoms with E-state index in [9.17, 15) is 14.4 Å². The fourth-order valence-corrected chi connectivity index (χ4v) is 3.03. The smallest absolute Gasteiger partial charge is 0.328 e. The summed E-state index contributed by atoms with van der Waals surface area (Å²) in [6, 6.07) is 1.01. The van der Waals surface area contributed by atoms with E-state index in [-0.39, 0.29) is 23.7 Å². The van der Waals surface area contributed by atoms with E-state index in [2.05, 4.69) is 5.32 Å². The number of esters is 1. The first-order chi connectivity index (χ1) is 11.9. The molecule has 25 heavy (non-hydrogen) atoms. The third-order valence-corrected chi connectivity index (χ3v) is 4.43. The molecule has 0 aromatic carbocycles. The number of likely N-dealkylation sites (tertiary alicyclic amines) is 1. The molecule has 2 heterocycles. The molecule has 0 aliphatic carbocycles. The molecule has 0 spiro atoms. The van der Waals surface area contributed by atoms with Crippen molar-refractivity contribution in [3.63, 3.8) is 0 Å². The lowest BCUT2D eigenvalue weighted by Gasteiger charge is -2.32. The zero-order valence-electron chi connectivity index (χ0n) is 15.0. The number of nitrogens with one attached hydrogen (secondary N) is 1. The molecule has 0 radical (unpaired) electrons. The molecule has 138 valence electrons. The van der Waals surface area contributed by atoms with E-state index in [1.165, 1.54) is 19.6 Å². The van der Waals surface area contributed by atoms with E-state index in [0.29, 0.717) is 37.9 Å². The monoisotopic (exact) mass is 350 g/mol. The minimum absolute atomic E-state index is 0.0835. The number of ether oxygens (including phenoxy) is 1. The predicted molar refractivity (Wildman–Crippen MR) is 90.7 cm³/mol. The molecule has 1 fully saturated rings. The lowest BCUT2D eigenvalue weighted by Crippen LogP contribution is -2.48. The van der Waals surface area contributed by atoms with E-state index in [1.807, 2.05) is 13.8 Å². The van der Waals surface area contributed by atoms with Gasteiger partial charge < -0.3 is 19.4 Å². The fraction of sp³-hybridized carbons (Fsp3) is 0.611. The van der Waals surface area contributed by atoms with Crippen molar-refractivity contribution in [1.82, 2.24) is 10.2 Å². The maximum absolute atomic E-state index is 12.5. The van der Waals surface area contributed by atoms with Crippen LogP contribution in [0.3, 0.4) is 0 Å². The van der Waals surface area contributed by atoms with Crippen LogP contribution in [0.5, 0.6) is 0 Å². The molecule has 0 saturated carbocycles. The highest BCUT2D eigenvalue weighted by molar-refractivity contribution is 5.94. The Kier molecular flexibility index (Phi) is 6.61. The number of furan rings is 1. The number of carbonyl (C=O) groups is 3. The molecule has 1 saturated heterocycles. The van der Waals surface area contributed by atoms with Gasteiger partial charge in [0.2, 0.25) is 5.91 Å². The number of methoxy groups -OCH3 is 1. The molecule has 1 unspecified atom stereocenters. The Morgan fingerprint density at radius 2 is 2.00 bits per heavy atom. The molecule has 2 rings (SSSR count). The van der Waals surface area contributed by atoms with E-state index >= 15 is 0 Å². The first-order valence-corrected chi connectivity index (χ1v) is 8.62. The molecular formula is C18H26N2O5. The van der Waals surface area contributed by atoms with Crippen LogP contribution in [0.15, 0.2) is 23.0 Å². The third kappa shape index (κ3) is 5.08. The zero-order chi connectivity index (χ0) is 18.4. The first-order valence-electron chi connectivity index (χ1n) is 8.62. The van der Waals surface area contributed by atoms with Crippen molar-refractivity contribution in [2.45, 2.75) is 39.2 Å². The third-order valence-electron chi connectivity index (χ3n) is 4.43. The Morgan fingerprint density at radius 1 is 1.32 bits per heavy atom. The van der Waals surface area contributed by atoms with Crippen molar-refractivity contribution in [1.29, 1.82) is 0 Å². The normalized spacial score (nSPS) is 16.6. The molecule has 1 N–H and O–H groups in total. The van der Waals surface area contributed by atoms with E-state index in [1.54, 1.807) is 11.0 Å². The van der Waals surface area contributed by atoms with E-state index in [4.69, 9.17) is 9.15 Å². The van der Waals surface area contributed by atoms with Gasteiger partial charge in [-0.15, -0.1) is 0 Å². The summed E-state index contributed by atoms with van der Waals surface area (Å²) >= 11 is 0. The Labute approximate surface area is 147 Å². The van der Waals surface area contributed by atoms with Crippen LogP contribution in [0.25, 0.3) is 0 Å². The molecule has 0 bridgehead atoms. The summed E-state index contributed by atoms with van der Waals surface area (Å²) in [6.07, 6.45) is 4.58. The number of hydrogen-bond acceptors (Lipinski definition) is 5. The quantitative estimate of drug-likeness (QED) is 0.791. The van der Waals surface area contributed by atoms with Crippen LogP contribution in [-0.2, 0) is 14.3 Å². The van der Waals surface area contributed by atoms with Crippen LogP contribution in [0.2, 0.25) is 0 Å². The van der Waals surface area contributed by atoms with Crippen LogP contribution in [0.4, 0.5) is 0 Å². The summed E-state index contributed by atoms with van der Waals surface area (Å²) in [5.41, 5.74) is 0.519. The number of carbonyl (C=O) groups excluding carboxylic acids is 3. The Morgan fingerprint density at radius 3 is 2.52 bits per heavy atom. The number of piperidine rings is 1. The van der Waals surface area contributed by atoms with Crippen LogP contribution in [0, 0.1) is 11.8 Å². The van der Waals surface area contributed by atoms with Crippen LogP contribution in [-0.4, -0.2) is 48.9 Å². The minimum atomic E-state index is -0.622. The van der Waals surface area contributed by atoms with Crippen molar-refractivity contribution < 1.29 is 23.5 Å². The average molecular weight is 350 g/mol. The van der Waals surface area contributed by atoms with Crippen molar-refractivity contribution in [2.75, 3.05) is 20.2 Å². The molecule has 1 aliphatic rings. The standard InChI is InChI=1S/C18H26N2O5/c1-12(2)10-15(18(23)24-3)19-16(21)13-4-7-20(8-5-13)17(22)14-6-9-25-11-14/h6,9,11-13,15H,4-5,7-8,10H2,1-3H3,(H,19,21). The largest absolute Gasteiger partial charge is 0.472 e. The molecule has 1 atom stereocenters. The summed E-state index contributed by atoms with van der Waals surface area (Å²) < 4.78 is 9.71. The minimum Gasteiger partial charge on any atom is -0.472 e. The summed E-state index contributed by atoms with van der Waals surface area (Å²) in [5, 5.41) is 2.81. The van der Waals surface area contributed by atoms with Crippen molar-refractivity contribution in [2.24, 2.45) is 11.8 Å². The molecule has 1 aromatic heterocycles. The van der Waals surface area contributed by atoms with Gasteiger partial charge in [-0.25, -0.2) is 4.79 Å². The van der Waals surface area contributed by atoms with E-state index in [0.717, 1.165) is 0 Å². The lowest BCUT2D eigenvalue weighted by molar-refractivity contribution is -0.146. The van der Waals surface area contributed by atoms with Gasteiger partial charge in [0.1, 0.15) is 12.3 Å². The molecular weight excluding hydrogens is 324 g/mol. The van der Waals surface area contributed by atoms with Crippen molar-refractivity contribution in [3.05, 3.63) is 24.2 Å².